The third-order valence-electron chi connectivity index (χ3n) is 16.4. The van der Waals surface area contributed by atoms with Gasteiger partial charge in [-0.15, -0.1) is 0 Å². The van der Waals surface area contributed by atoms with Crippen molar-refractivity contribution < 1.29 is 42.9 Å². The van der Waals surface area contributed by atoms with E-state index in [9.17, 15) is 19.5 Å². The largest absolute Gasteiger partial charge is 0.545 e. The zero-order valence-corrected chi connectivity index (χ0v) is 58.3. The van der Waals surface area contributed by atoms with E-state index in [4.69, 9.17) is 18.9 Å². The fourth-order valence-corrected chi connectivity index (χ4v) is 10.8. The topological polar surface area (TPSA) is 111 Å². The molecule has 0 amide bonds. The van der Waals surface area contributed by atoms with Gasteiger partial charge in [0.15, 0.2) is 12.4 Å². The van der Waals surface area contributed by atoms with Crippen LogP contribution in [0.5, 0.6) is 0 Å². The van der Waals surface area contributed by atoms with Crippen molar-refractivity contribution in [2.24, 2.45) is 0 Å². The number of carboxylic acids is 1. The van der Waals surface area contributed by atoms with Crippen molar-refractivity contribution in [1.82, 2.24) is 0 Å². The fourth-order valence-electron chi connectivity index (χ4n) is 10.8. The van der Waals surface area contributed by atoms with Crippen LogP contribution in [0.3, 0.4) is 0 Å². The van der Waals surface area contributed by atoms with Gasteiger partial charge in [-0.25, -0.2) is 0 Å². The van der Waals surface area contributed by atoms with E-state index >= 15 is 0 Å². The van der Waals surface area contributed by atoms with Gasteiger partial charge in [-0.1, -0.05) is 343 Å². The number of carbonyl (C=O) groups excluding carboxylic acids is 3. The Morgan fingerprint density at radius 1 is 0.352 bits per heavy atom. The van der Waals surface area contributed by atoms with Gasteiger partial charge in [0.1, 0.15) is 13.2 Å². The number of allylic oxidation sites excluding steroid dienone is 14. The lowest BCUT2D eigenvalue weighted by Crippen LogP contribution is -2.44. The number of esters is 2. The predicted molar refractivity (Wildman–Crippen MR) is 375 cm³/mol. The van der Waals surface area contributed by atoms with Gasteiger partial charge in [0.2, 0.25) is 0 Å². The van der Waals surface area contributed by atoms with Gasteiger partial charge in [0, 0.05) is 12.8 Å². The molecular formula is C79H141NO8. The summed E-state index contributed by atoms with van der Waals surface area (Å²) in [4.78, 5) is 37.5. The van der Waals surface area contributed by atoms with Crippen LogP contribution in [-0.4, -0.2) is 82.3 Å². The maximum Gasteiger partial charge on any atom is 0.306 e. The van der Waals surface area contributed by atoms with Crippen LogP contribution >= 0.6 is 0 Å². The summed E-state index contributed by atoms with van der Waals surface area (Å²) in [6.45, 7) is 4.69. The van der Waals surface area contributed by atoms with Crippen molar-refractivity contribution >= 4 is 17.9 Å². The van der Waals surface area contributed by atoms with E-state index < -0.39 is 24.3 Å². The van der Waals surface area contributed by atoms with Gasteiger partial charge in [0.05, 0.1) is 40.3 Å². The third-order valence-corrected chi connectivity index (χ3v) is 16.4. The van der Waals surface area contributed by atoms with Gasteiger partial charge < -0.3 is 33.3 Å². The van der Waals surface area contributed by atoms with Gasteiger partial charge in [0.25, 0.3) is 0 Å². The second-order valence-corrected chi connectivity index (χ2v) is 26.2. The summed E-state index contributed by atoms with van der Waals surface area (Å²) >= 11 is 0. The number of aliphatic carboxylic acids is 1. The molecule has 2 unspecified atom stereocenters. The number of quaternary nitrogens is 1. The Kier molecular flexibility index (Phi) is 66.6. The van der Waals surface area contributed by atoms with E-state index in [1.807, 2.05) is 21.1 Å². The van der Waals surface area contributed by atoms with Crippen LogP contribution < -0.4 is 5.11 Å². The van der Waals surface area contributed by atoms with Crippen molar-refractivity contribution in [1.29, 1.82) is 0 Å². The molecule has 0 aliphatic rings. The first kappa shape index (κ1) is 84.5. The Morgan fingerprint density at radius 3 is 0.966 bits per heavy atom. The molecule has 0 rings (SSSR count). The lowest BCUT2D eigenvalue weighted by atomic mass is 10.0. The van der Waals surface area contributed by atoms with Crippen LogP contribution in [0, 0.1) is 0 Å². The summed E-state index contributed by atoms with van der Waals surface area (Å²) in [6.07, 6.45) is 91.1. The predicted octanol–water partition coefficient (Wildman–Crippen LogP) is 22.1. The van der Waals surface area contributed by atoms with Gasteiger partial charge in [-0.05, 0) is 70.6 Å². The Morgan fingerprint density at radius 2 is 0.648 bits per heavy atom. The average molecular weight is 1230 g/mol. The molecule has 0 saturated heterocycles. The fraction of sp³-hybridized carbons (Fsp3) is 0.785. The molecule has 9 nitrogen and oxygen atoms in total. The Bertz CT molecular complexity index is 1720. The maximum atomic E-state index is 13.0. The van der Waals surface area contributed by atoms with Crippen molar-refractivity contribution in [2.75, 3.05) is 47.5 Å². The first-order chi connectivity index (χ1) is 43.1. The number of likely N-dealkylation sites (N-methyl/N-ethyl adjacent to an activating group) is 1. The summed E-state index contributed by atoms with van der Waals surface area (Å²) in [5.74, 6) is -2.26. The normalized spacial score (nSPS) is 13.1. The van der Waals surface area contributed by atoms with Gasteiger partial charge >= 0.3 is 11.9 Å². The number of hydrogen-bond acceptors (Lipinski definition) is 8. The summed E-state index contributed by atoms with van der Waals surface area (Å²) in [5.41, 5.74) is 0. The van der Waals surface area contributed by atoms with Crippen LogP contribution in [-0.2, 0) is 33.3 Å². The van der Waals surface area contributed by atoms with E-state index in [0.29, 0.717) is 23.9 Å². The average Bonchev–Trinajstić information content (AvgIpc) is 3.54. The van der Waals surface area contributed by atoms with E-state index in [2.05, 4.69) is 98.9 Å². The molecular weight excluding hydrogens is 1090 g/mol. The molecule has 0 aromatic rings. The second kappa shape index (κ2) is 69.4. The lowest BCUT2D eigenvalue weighted by molar-refractivity contribution is -0.870. The third kappa shape index (κ3) is 69.9. The Labute approximate surface area is 544 Å². The molecule has 0 aromatic carbocycles. The molecule has 0 saturated carbocycles. The van der Waals surface area contributed by atoms with E-state index in [1.165, 1.54) is 225 Å². The number of hydrogen-bond donors (Lipinski definition) is 0. The Balaban J connectivity index is 4.06. The van der Waals surface area contributed by atoms with Crippen molar-refractivity contribution in [3.8, 4) is 0 Å². The standard InChI is InChI=1S/C79H141NO8/c1-6-8-10-12-14-16-18-20-22-24-26-28-30-32-34-35-36-37-38-39-40-41-42-43-44-46-48-50-52-54-56-58-60-62-64-66-68-70-77(82)88-75(74-87-79(78(83)84)85-72-71-80(3,4)5)73-86-76(81)69-67-65-63-61-59-57-55-53-51-49-47-45-33-31-29-27-25-23-21-19-17-15-13-11-9-7-2/h8,10,14,16,20,22,26,28,32,34,36-37,39-40,75,79H,6-7,9,11-13,15,17-19,21,23-25,27,29-31,33,35,38,41-74H2,1-5H3/b10-8-,16-14-,22-20-,28-26-,34-32-,37-36-,40-39-. The van der Waals surface area contributed by atoms with Crippen LogP contribution in [0.1, 0.15) is 341 Å². The van der Waals surface area contributed by atoms with Crippen molar-refractivity contribution in [3.05, 3.63) is 85.1 Å². The molecule has 0 heterocycles. The summed E-state index contributed by atoms with van der Waals surface area (Å²) in [5, 5.41) is 11.8. The van der Waals surface area contributed by atoms with Crippen molar-refractivity contribution in [3.63, 3.8) is 0 Å². The maximum absolute atomic E-state index is 13.0. The van der Waals surface area contributed by atoms with E-state index in [0.717, 1.165) is 83.5 Å². The van der Waals surface area contributed by atoms with Crippen LogP contribution in [0.15, 0.2) is 85.1 Å². The zero-order chi connectivity index (χ0) is 64.0. The monoisotopic (exact) mass is 1230 g/mol. The molecule has 0 aliphatic heterocycles. The number of nitrogens with zero attached hydrogens (tertiary/aromatic N) is 1. The molecule has 0 bridgehead atoms. The number of rotatable bonds is 69. The summed E-state index contributed by atoms with van der Waals surface area (Å²) in [7, 11) is 5.94. The summed E-state index contributed by atoms with van der Waals surface area (Å²) in [6, 6.07) is 0. The first-order valence-corrected chi connectivity index (χ1v) is 37.2. The number of carbonyl (C=O) groups is 3. The second-order valence-electron chi connectivity index (χ2n) is 26.2. The molecule has 0 aromatic heterocycles. The van der Waals surface area contributed by atoms with Gasteiger partial charge in [-0.2, -0.15) is 0 Å². The van der Waals surface area contributed by atoms with Crippen LogP contribution in [0.4, 0.5) is 0 Å². The smallest absolute Gasteiger partial charge is 0.306 e. The van der Waals surface area contributed by atoms with Crippen LogP contribution in [0.2, 0.25) is 0 Å². The molecule has 0 fully saturated rings. The minimum atomic E-state index is -1.62. The molecule has 0 radical (unpaired) electrons. The number of ether oxygens (including phenoxy) is 4. The molecule has 2 atom stereocenters. The highest BCUT2D eigenvalue weighted by atomic mass is 16.7. The summed E-state index contributed by atoms with van der Waals surface area (Å²) < 4.78 is 22.8. The molecule has 0 N–H and O–H groups in total. The first-order valence-electron chi connectivity index (χ1n) is 37.2. The number of unbranched alkanes of at least 4 members (excludes halogenated alkanes) is 40. The highest BCUT2D eigenvalue weighted by Crippen LogP contribution is 2.19. The van der Waals surface area contributed by atoms with Crippen molar-refractivity contribution in [2.45, 2.75) is 354 Å². The van der Waals surface area contributed by atoms with Crippen LogP contribution in [0.25, 0.3) is 0 Å². The SMILES string of the molecule is CC/C=C\C/C=C\C/C=C\C/C=C\C/C=C\C/C=C\C/C=C\CCCCCCCCCCCCCCCCCC(=O)OC(COC(=O)CCCCCCCCCCCCCCCCCCCCCCCCCCCC)COC(OCC[N+](C)(C)C)C(=O)[O-]. The minimum Gasteiger partial charge on any atom is -0.545 e. The van der Waals surface area contributed by atoms with Gasteiger partial charge in [-0.3, -0.25) is 9.59 Å². The Hall–Kier alpha value is -3.53. The molecule has 0 spiro atoms. The number of carboxylic acid groups (broad SMARTS) is 1. The molecule has 0 aliphatic carbocycles. The lowest BCUT2D eigenvalue weighted by Gasteiger charge is -2.26. The molecule has 510 valence electrons. The van der Waals surface area contributed by atoms with E-state index in [-0.39, 0.29) is 32.2 Å². The molecule has 9 heteroatoms. The minimum absolute atomic E-state index is 0.148. The zero-order valence-electron chi connectivity index (χ0n) is 58.3. The highest BCUT2D eigenvalue weighted by molar-refractivity contribution is 5.70. The molecule has 88 heavy (non-hydrogen) atoms. The quantitative estimate of drug-likeness (QED) is 0.0195. The van der Waals surface area contributed by atoms with E-state index in [1.54, 1.807) is 0 Å². The highest BCUT2D eigenvalue weighted by Gasteiger charge is 2.22.